The number of benzene rings is 8. The van der Waals surface area contributed by atoms with E-state index in [2.05, 4.69) is 179 Å². The van der Waals surface area contributed by atoms with Gasteiger partial charge in [0.25, 0.3) is 0 Å². The lowest BCUT2D eigenvalue weighted by atomic mass is 10.0. The maximum absolute atomic E-state index is 6.23. The number of nitrogens with zero attached hydrogens (tertiary/aromatic N) is 2. The average Bonchev–Trinajstić information content (AvgIpc) is 3.87. The van der Waals surface area contributed by atoms with Gasteiger partial charge in [-0.15, -0.1) is 11.3 Å². The van der Waals surface area contributed by atoms with E-state index in [9.17, 15) is 0 Å². The van der Waals surface area contributed by atoms with E-state index in [0.717, 1.165) is 44.7 Å². The van der Waals surface area contributed by atoms with Crippen LogP contribution in [0.3, 0.4) is 0 Å². The Bertz CT molecular complexity index is 3020. The fraction of sp³-hybridized carbons (Fsp3) is 0. The summed E-state index contributed by atoms with van der Waals surface area (Å²) >= 11 is 1.85. The van der Waals surface area contributed by atoms with Crippen LogP contribution in [0, 0.1) is 0 Å². The van der Waals surface area contributed by atoms with E-state index in [4.69, 9.17) is 4.42 Å². The van der Waals surface area contributed by atoms with Crippen LogP contribution in [0.4, 0.5) is 17.1 Å². The molecule has 8 aromatic carbocycles. The van der Waals surface area contributed by atoms with Gasteiger partial charge in [-0.3, -0.25) is 0 Å². The van der Waals surface area contributed by atoms with Crippen molar-refractivity contribution in [3.05, 3.63) is 182 Å². The Morgan fingerprint density at radius 2 is 1.00 bits per heavy atom. The topological polar surface area (TPSA) is 21.3 Å². The van der Waals surface area contributed by atoms with E-state index in [1.807, 2.05) is 23.5 Å². The maximum Gasteiger partial charge on any atom is 0.135 e. The van der Waals surface area contributed by atoms with Gasteiger partial charge in [-0.25, -0.2) is 0 Å². The van der Waals surface area contributed by atoms with Gasteiger partial charge in [0.2, 0.25) is 0 Å². The quantitative estimate of drug-likeness (QED) is 0.180. The number of anilines is 3. The second kappa shape index (κ2) is 11.5. The molecule has 11 rings (SSSR count). The molecule has 52 heavy (non-hydrogen) atoms. The molecule has 3 nitrogen and oxygen atoms in total. The lowest BCUT2D eigenvalue weighted by Gasteiger charge is -2.26. The molecule has 4 heteroatoms. The van der Waals surface area contributed by atoms with E-state index < -0.39 is 0 Å². The molecule has 0 amide bonds. The van der Waals surface area contributed by atoms with Gasteiger partial charge in [0.05, 0.1) is 11.0 Å². The predicted octanol–water partition coefficient (Wildman–Crippen LogP) is 14.2. The highest BCUT2D eigenvalue weighted by atomic mass is 32.1. The summed E-state index contributed by atoms with van der Waals surface area (Å²) in [4.78, 5) is 2.37. The minimum Gasteiger partial charge on any atom is -0.456 e. The van der Waals surface area contributed by atoms with Crippen LogP contribution in [0.15, 0.2) is 186 Å². The van der Waals surface area contributed by atoms with Crippen molar-refractivity contribution < 1.29 is 4.42 Å². The summed E-state index contributed by atoms with van der Waals surface area (Å²) in [6.45, 7) is 0. The Hall–Kier alpha value is -6.62. The number of furan rings is 1. The number of rotatable bonds is 5. The molecule has 0 aliphatic rings. The van der Waals surface area contributed by atoms with Crippen LogP contribution in [0.1, 0.15) is 0 Å². The van der Waals surface area contributed by atoms with E-state index >= 15 is 0 Å². The average molecular weight is 683 g/mol. The third-order valence-corrected chi connectivity index (χ3v) is 11.5. The SMILES string of the molecule is c1ccc(-n2c3ccccc3c3ccc(-c4ccc(N(c5ccc6oc7ccccc7c6c5)c5ccc6sc7ccccc7c6c5)cc4)cc32)cc1. The standard InChI is InChI=1S/C48H30N2OS/c1-2-10-33(11-3-1)50-43-15-7-4-12-37(43)38-25-20-32(28-44(38)50)31-18-21-34(22-19-31)49(35-23-26-46-41(29-35)39-13-5-8-16-45(39)51-46)36-24-27-48-42(30-36)40-14-6-9-17-47(40)52-48/h1-30H. The van der Waals surface area contributed by atoms with Crippen molar-refractivity contribution in [3.63, 3.8) is 0 Å². The van der Waals surface area contributed by atoms with Crippen molar-refractivity contribution in [1.82, 2.24) is 4.57 Å². The molecule has 11 aromatic rings. The fourth-order valence-electron chi connectivity index (χ4n) is 7.96. The number of fused-ring (bicyclic) bond motifs is 9. The minimum atomic E-state index is 0.892. The Balaban J connectivity index is 1.07. The first kappa shape index (κ1) is 29.1. The largest absolute Gasteiger partial charge is 0.456 e. The minimum absolute atomic E-state index is 0.892. The predicted molar refractivity (Wildman–Crippen MR) is 221 cm³/mol. The zero-order valence-electron chi connectivity index (χ0n) is 28.0. The Morgan fingerprint density at radius 3 is 1.87 bits per heavy atom. The molecule has 0 aliphatic carbocycles. The van der Waals surface area contributed by atoms with Gasteiger partial charge in [0.1, 0.15) is 11.2 Å². The van der Waals surface area contributed by atoms with Crippen LogP contribution in [0.5, 0.6) is 0 Å². The molecule has 0 aliphatic heterocycles. The molecule has 0 spiro atoms. The molecule has 0 N–H and O–H groups in total. The highest BCUT2D eigenvalue weighted by Gasteiger charge is 2.18. The molecule has 3 aromatic heterocycles. The third kappa shape index (κ3) is 4.51. The molecule has 3 heterocycles. The first-order valence-electron chi connectivity index (χ1n) is 17.6. The van der Waals surface area contributed by atoms with Crippen LogP contribution >= 0.6 is 11.3 Å². The van der Waals surface area contributed by atoms with Gasteiger partial charge in [0, 0.05) is 64.5 Å². The molecule has 0 saturated carbocycles. The van der Waals surface area contributed by atoms with Crippen LogP contribution in [0.25, 0.3) is 80.7 Å². The zero-order valence-corrected chi connectivity index (χ0v) is 28.8. The summed E-state index contributed by atoms with van der Waals surface area (Å²) in [7, 11) is 0. The van der Waals surface area contributed by atoms with Gasteiger partial charge in [-0.05, 0) is 96.1 Å². The number of hydrogen-bond donors (Lipinski definition) is 0. The number of hydrogen-bond acceptors (Lipinski definition) is 3. The van der Waals surface area contributed by atoms with Crippen molar-refractivity contribution in [2.24, 2.45) is 0 Å². The van der Waals surface area contributed by atoms with Crippen LogP contribution in [-0.2, 0) is 0 Å². The summed E-state index contributed by atoms with van der Waals surface area (Å²) in [6, 6.07) is 65.6. The lowest BCUT2D eigenvalue weighted by Crippen LogP contribution is -2.09. The van der Waals surface area contributed by atoms with E-state index in [0.29, 0.717) is 0 Å². The second-order valence-corrected chi connectivity index (χ2v) is 14.4. The van der Waals surface area contributed by atoms with Crippen molar-refractivity contribution in [3.8, 4) is 16.8 Å². The van der Waals surface area contributed by atoms with Gasteiger partial charge in [-0.1, -0.05) is 97.1 Å². The van der Waals surface area contributed by atoms with Gasteiger partial charge in [-0.2, -0.15) is 0 Å². The van der Waals surface area contributed by atoms with Crippen molar-refractivity contribution in [1.29, 1.82) is 0 Å². The van der Waals surface area contributed by atoms with E-state index in [1.165, 1.54) is 53.1 Å². The molecule has 244 valence electrons. The zero-order chi connectivity index (χ0) is 34.2. The van der Waals surface area contributed by atoms with Crippen LogP contribution in [-0.4, -0.2) is 4.57 Å². The molecule has 0 fully saturated rings. The maximum atomic E-state index is 6.23. The number of para-hydroxylation sites is 3. The monoisotopic (exact) mass is 682 g/mol. The first-order chi connectivity index (χ1) is 25.8. The molecule has 0 bridgehead atoms. The highest BCUT2D eigenvalue weighted by molar-refractivity contribution is 7.25. The summed E-state index contributed by atoms with van der Waals surface area (Å²) in [5.74, 6) is 0. The summed E-state index contributed by atoms with van der Waals surface area (Å²) in [5.41, 5.74) is 11.0. The molecular formula is C48H30N2OS. The van der Waals surface area contributed by atoms with E-state index in [-0.39, 0.29) is 0 Å². The first-order valence-corrected chi connectivity index (χ1v) is 18.4. The fourth-order valence-corrected chi connectivity index (χ4v) is 9.05. The Morgan fingerprint density at radius 1 is 0.385 bits per heavy atom. The normalized spacial score (nSPS) is 11.8. The number of aromatic nitrogens is 1. The number of thiophene rings is 1. The van der Waals surface area contributed by atoms with Crippen molar-refractivity contribution in [2.45, 2.75) is 0 Å². The van der Waals surface area contributed by atoms with Gasteiger partial charge >= 0.3 is 0 Å². The molecular weight excluding hydrogens is 653 g/mol. The third-order valence-electron chi connectivity index (χ3n) is 10.4. The smallest absolute Gasteiger partial charge is 0.135 e. The molecule has 0 saturated heterocycles. The molecule has 0 atom stereocenters. The summed E-state index contributed by atoms with van der Waals surface area (Å²) in [5, 5.41) is 7.31. The highest BCUT2D eigenvalue weighted by Crippen LogP contribution is 2.43. The summed E-state index contributed by atoms with van der Waals surface area (Å²) in [6.07, 6.45) is 0. The van der Waals surface area contributed by atoms with E-state index in [1.54, 1.807) is 0 Å². The van der Waals surface area contributed by atoms with Gasteiger partial charge < -0.3 is 13.9 Å². The van der Waals surface area contributed by atoms with Crippen molar-refractivity contribution in [2.75, 3.05) is 4.90 Å². The van der Waals surface area contributed by atoms with Crippen molar-refractivity contribution >= 4 is 92.3 Å². The van der Waals surface area contributed by atoms with Crippen LogP contribution < -0.4 is 4.90 Å². The van der Waals surface area contributed by atoms with Gasteiger partial charge in [0.15, 0.2) is 0 Å². The van der Waals surface area contributed by atoms with Crippen LogP contribution in [0.2, 0.25) is 0 Å². The lowest BCUT2D eigenvalue weighted by molar-refractivity contribution is 0.669. The second-order valence-electron chi connectivity index (χ2n) is 13.4. The molecule has 0 radical (unpaired) electrons. The Labute approximate surface area is 303 Å². The Kier molecular flexibility index (Phi) is 6.42. The molecule has 0 unspecified atom stereocenters. The summed E-state index contributed by atoms with van der Waals surface area (Å²) < 4.78 is 11.2.